The van der Waals surface area contributed by atoms with E-state index in [-0.39, 0.29) is 12.1 Å². The van der Waals surface area contributed by atoms with Gasteiger partial charge in [0.15, 0.2) is 5.82 Å². The van der Waals surface area contributed by atoms with Crippen LogP contribution in [-0.4, -0.2) is 39.2 Å². The third-order valence-electron chi connectivity index (χ3n) is 3.76. The molecule has 22 heavy (non-hydrogen) atoms. The van der Waals surface area contributed by atoms with Crippen molar-refractivity contribution in [2.24, 2.45) is 0 Å². The number of carbonyl (C=O) groups is 1. The molecule has 0 unspecified atom stereocenters. The molecule has 6 nitrogen and oxygen atoms in total. The van der Waals surface area contributed by atoms with E-state index in [1.54, 1.807) is 11.0 Å². The Bertz CT molecular complexity index is 652. The van der Waals surface area contributed by atoms with Gasteiger partial charge in [0.25, 0.3) is 0 Å². The normalized spacial score (nSPS) is 17.5. The maximum atomic E-state index is 12.2. The first-order chi connectivity index (χ1) is 10.8. The molecule has 0 bridgehead atoms. The van der Waals surface area contributed by atoms with E-state index in [2.05, 4.69) is 27.1 Å². The predicted octanol–water partition coefficient (Wildman–Crippen LogP) is 2.50. The molecule has 1 fully saturated rings. The molecule has 3 rings (SSSR count). The van der Waals surface area contributed by atoms with Crippen molar-refractivity contribution in [2.75, 3.05) is 13.1 Å². The Labute approximate surface area is 129 Å². The van der Waals surface area contributed by atoms with E-state index < -0.39 is 0 Å². The summed E-state index contributed by atoms with van der Waals surface area (Å²) < 4.78 is 0. The van der Waals surface area contributed by atoms with Crippen molar-refractivity contribution in [1.82, 2.24) is 25.4 Å². The molecule has 2 heterocycles. The summed E-state index contributed by atoms with van der Waals surface area (Å²) in [5.74, 6) is 1.40. The van der Waals surface area contributed by atoms with Gasteiger partial charge < -0.3 is 10.2 Å². The minimum absolute atomic E-state index is 0.0465. The molecule has 1 aromatic heterocycles. The van der Waals surface area contributed by atoms with Crippen LogP contribution in [0.3, 0.4) is 0 Å². The Morgan fingerprint density at radius 2 is 2.27 bits per heavy atom. The van der Waals surface area contributed by atoms with Crippen molar-refractivity contribution >= 4 is 6.03 Å². The lowest BCUT2D eigenvalue weighted by Crippen LogP contribution is -2.39. The Morgan fingerprint density at radius 1 is 1.45 bits per heavy atom. The summed E-state index contributed by atoms with van der Waals surface area (Å²) >= 11 is 0. The van der Waals surface area contributed by atoms with Crippen LogP contribution in [0.25, 0.3) is 11.4 Å². The van der Waals surface area contributed by atoms with Crippen LogP contribution < -0.4 is 5.32 Å². The lowest BCUT2D eigenvalue weighted by Gasteiger charge is -2.22. The fourth-order valence-corrected chi connectivity index (χ4v) is 2.69. The van der Waals surface area contributed by atoms with E-state index in [0.717, 1.165) is 30.8 Å². The summed E-state index contributed by atoms with van der Waals surface area (Å²) in [4.78, 5) is 18.5. The van der Waals surface area contributed by atoms with Crippen LogP contribution in [0.4, 0.5) is 4.79 Å². The summed E-state index contributed by atoms with van der Waals surface area (Å²) in [5.41, 5.74) is 0.964. The van der Waals surface area contributed by atoms with Crippen molar-refractivity contribution in [3.8, 4) is 11.4 Å². The van der Waals surface area contributed by atoms with Crippen molar-refractivity contribution in [2.45, 2.75) is 18.9 Å². The number of hydrogen-bond donors (Lipinski definition) is 2. The molecule has 2 amide bonds. The van der Waals surface area contributed by atoms with E-state index in [1.165, 1.54) is 0 Å². The van der Waals surface area contributed by atoms with E-state index in [9.17, 15) is 4.79 Å². The fraction of sp³-hybridized carbons (Fsp3) is 0.312. The van der Waals surface area contributed by atoms with Crippen LogP contribution in [-0.2, 0) is 0 Å². The first-order valence-electron chi connectivity index (χ1n) is 7.42. The standard InChI is InChI=1S/C16H19N5O/c1-2-10-17-16(22)21-11-6-9-13(21)15-18-14(19-20-15)12-7-4-3-5-8-12/h2-5,7-8,13H,1,6,9-11H2,(H,17,22)(H,18,19,20)/t13-/m1/s1. The topological polar surface area (TPSA) is 73.9 Å². The molecular formula is C16H19N5O. The van der Waals surface area contributed by atoms with Gasteiger partial charge >= 0.3 is 6.03 Å². The highest BCUT2D eigenvalue weighted by molar-refractivity contribution is 5.75. The quantitative estimate of drug-likeness (QED) is 0.852. The number of benzene rings is 1. The number of urea groups is 1. The van der Waals surface area contributed by atoms with E-state index in [4.69, 9.17) is 0 Å². The third-order valence-corrected chi connectivity index (χ3v) is 3.76. The van der Waals surface area contributed by atoms with Crippen molar-refractivity contribution in [3.63, 3.8) is 0 Å². The maximum absolute atomic E-state index is 12.2. The number of amides is 2. The summed E-state index contributed by atoms with van der Waals surface area (Å²) in [6, 6.07) is 9.67. The largest absolute Gasteiger partial charge is 0.335 e. The number of aromatic nitrogens is 3. The second kappa shape index (κ2) is 6.43. The summed E-state index contributed by atoms with van der Waals surface area (Å²) in [5, 5.41) is 10.1. The van der Waals surface area contributed by atoms with Gasteiger partial charge in [-0.1, -0.05) is 36.4 Å². The number of rotatable bonds is 4. The lowest BCUT2D eigenvalue weighted by atomic mass is 10.2. The molecule has 1 aliphatic heterocycles. The second-order valence-electron chi connectivity index (χ2n) is 5.24. The Hall–Kier alpha value is -2.63. The molecule has 2 N–H and O–H groups in total. The van der Waals surface area contributed by atoms with Crippen LogP contribution in [0, 0.1) is 0 Å². The molecule has 2 aromatic rings. The SMILES string of the molecule is C=CCNC(=O)N1CCC[C@@H]1c1nc(-c2ccccc2)n[nH]1. The molecular weight excluding hydrogens is 278 g/mol. The molecule has 1 aromatic carbocycles. The Kier molecular flexibility index (Phi) is 4.18. The summed E-state index contributed by atoms with van der Waals surface area (Å²) in [6.45, 7) is 4.81. The van der Waals surface area contributed by atoms with Crippen LogP contribution >= 0.6 is 0 Å². The number of hydrogen-bond acceptors (Lipinski definition) is 3. The van der Waals surface area contributed by atoms with Crippen molar-refractivity contribution in [3.05, 3.63) is 48.8 Å². The average Bonchev–Trinajstić information content (AvgIpc) is 3.22. The highest BCUT2D eigenvalue weighted by Crippen LogP contribution is 2.30. The lowest BCUT2D eigenvalue weighted by molar-refractivity contribution is 0.192. The van der Waals surface area contributed by atoms with Crippen LogP contribution in [0.15, 0.2) is 43.0 Å². The second-order valence-corrected chi connectivity index (χ2v) is 5.24. The molecule has 0 aliphatic carbocycles. The number of H-pyrrole nitrogens is 1. The fourth-order valence-electron chi connectivity index (χ4n) is 2.69. The summed E-state index contributed by atoms with van der Waals surface area (Å²) in [6.07, 6.45) is 3.53. The number of likely N-dealkylation sites (tertiary alicyclic amines) is 1. The summed E-state index contributed by atoms with van der Waals surface area (Å²) in [7, 11) is 0. The molecule has 1 saturated heterocycles. The van der Waals surface area contributed by atoms with Crippen LogP contribution in [0.2, 0.25) is 0 Å². The predicted molar refractivity (Wildman–Crippen MR) is 84.1 cm³/mol. The van der Waals surface area contributed by atoms with Crippen molar-refractivity contribution in [1.29, 1.82) is 0 Å². The monoisotopic (exact) mass is 297 g/mol. The van der Waals surface area contributed by atoms with Gasteiger partial charge in [0.2, 0.25) is 0 Å². The number of nitrogens with one attached hydrogen (secondary N) is 2. The van der Waals surface area contributed by atoms with Gasteiger partial charge in [-0.3, -0.25) is 5.10 Å². The maximum Gasteiger partial charge on any atom is 0.318 e. The first kappa shape index (κ1) is 14.3. The minimum atomic E-state index is -0.0833. The van der Waals surface area contributed by atoms with Gasteiger partial charge in [0, 0.05) is 18.7 Å². The molecule has 1 atom stereocenters. The number of carbonyl (C=O) groups excluding carboxylic acids is 1. The Morgan fingerprint density at radius 3 is 3.05 bits per heavy atom. The van der Waals surface area contributed by atoms with Crippen molar-refractivity contribution < 1.29 is 4.79 Å². The minimum Gasteiger partial charge on any atom is -0.335 e. The van der Waals surface area contributed by atoms with Crippen LogP contribution in [0.5, 0.6) is 0 Å². The zero-order valence-electron chi connectivity index (χ0n) is 12.3. The molecule has 0 spiro atoms. The molecule has 1 aliphatic rings. The van der Waals surface area contributed by atoms with Gasteiger partial charge in [-0.2, -0.15) is 5.10 Å². The van der Waals surface area contributed by atoms with E-state index in [1.807, 2.05) is 30.3 Å². The molecule has 0 radical (unpaired) electrons. The van der Waals surface area contributed by atoms with Gasteiger partial charge in [0.05, 0.1) is 6.04 Å². The van der Waals surface area contributed by atoms with E-state index >= 15 is 0 Å². The number of nitrogens with zero attached hydrogens (tertiary/aromatic N) is 3. The molecule has 114 valence electrons. The zero-order chi connectivity index (χ0) is 15.4. The zero-order valence-corrected chi connectivity index (χ0v) is 12.3. The highest BCUT2D eigenvalue weighted by Gasteiger charge is 2.32. The van der Waals surface area contributed by atoms with Gasteiger partial charge in [-0.15, -0.1) is 6.58 Å². The molecule has 0 saturated carbocycles. The smallest absolute Gasteiger partial charge is 0.318 e. The van der Waals surface area contributed by atoms with Gasteiger partial charge in [-0.05, 0) is 12.8 Å². The van der Waals surface area contributed by atoms with E-state index in [0.29, 0.717) is 12.4 Å². The van der Waals surface area contributed by atoms with Crippen LogP contribution in [0.1, 0.15) is 24.7 Å². The van der Waals surface area contributed by atoms with Gasteiger partial charge in [-0.25, -0.2) is 9.78 Å². The third kappa shape index (κ3) is 2.86. The van der Waals surface area contributed by atoms with Gasteiger partial charge in [0.1, 0.15) is 5.82 Å². The first-order valence-corrected chi connectivity index (χ1v) is 7.42. The average molecular weight is 297 g/mol. The molecule has 6 heteroatoms. The highest BCUT2D eigenvalue weighted by atomic mass is 16.2. The number of aromatic amines is 1. The Balaban J connectivity index is 1.77.